The molecule has 0 aliphatic carbocycles. The van der Waals surface area contributed by atoms with E-state index in [0.717, 1.165) is 12.5 Å². The first-order valence-corrected chi connectivity index (χ1v) is 7.02. The zero-order valence-electron chi connectivity index (χ0n) is 10.6. The molecule has 0 amide bonds. The zero-order valence-corrected chi connectivity index (χ0v) is 11.4. The van der Waals surface area contributed by atoms with Crippen LogP contribution in [-0.2, 0) is 14.3 Å². The maximum absolute atomic E-state index is 12.0. The van der Waals surface area contributed by atoms with E-state index >= 15 is 0 Å². The lowest BCUT2D eigenvalue weighted by Gasteiger charge is -2.09. The van der Waals surface area contributed by atoms with E-state index in [1.54, 1.807) is 12.2 Å². The smallest absolute Gasteiger partial charge is 0.381 e. The molecule has 7 heteroatoms. The number of benzene rings is 1. The van der Waals surface area contributed by atoms with Gasteiger partial charge in [0.15, 0.2) is 0 Å². The van der Waals surface area contributed by atoms with E-state index in [1.807, 2.05) is 30.3 Å². The molecule has 0 heterocycles. The van der Waals surface area contributed by atoms with Crippen molar-refractivity contribution in [3.8, 4) is 0 Å². The molecule has 0 atom stereocenters. The van der Waals surface area contributed by atoms with Crippen LogP contribution in [0.15, 0.2) is 48.2 Å². The summed E-state index contributed by atoms with van der Waals surface area (Å²) < 4.78 is 61.5. The van der Waals surface area contributed by atoms with E-state index in [-0.39, 0.29) is 12.2 Å². The molecule has 0 N–H and O–H groups in total. The lowest BCUT2D eigenvalue weighted by Crippen LogP contribution is -2.24. The first-order chi connectivity index (χ1) is 9.22. The van der Waals surface area contributed by atoms with Crippen molar-refractivity contribution in [2.45, 2.75) is 18.9 Å². The molecular weight excluding hydrogens is 293 g/mol. The summed E-state index contributed by atoms with van der Waals surface area (Å²) >= 11 is 0. The van der Waals surface area contributed by atoms with Crippen LogP contribution < -0.4 is 0 Å². The van der Waals surface area contributed by atoms with Crippen LogP contribution >= 0.6 is 0 Å². The minimum atomic E-state index is -5.58. The molecule has 1 aromatic rings. The monoisotopic (exact) mass is 306 g/mol. The highest BCUT2D eigenvalue weighted by atomic mass is 32.2. The molecule has 0 bridgehead atoms. The van der Waals surface area contributed by atoms with Gasteiger partial charge in [-0.05, 0) is 25.0 Å². The van der Waals surface area contributed by atoms with Crippen LogP contribution in [0.3, 0.4) is 0 Å². The van der Waals surface area contributed by atoms with E-state index in [1.165, 1.54) is 6.08 Å². The van der Waals surface area contributed by atoms with Gasteiger partial charge in [-0.25, -0.2) is 0 Å². The van der Waals surface area contributed by atoms with Crippen LogP contribution in [0.2, 0.25) is 0 Å². The Morgan fingerprint density at radius 2 is 1.85 bits per heavy atom. The molecule has 0 aliphatic rings. The largest absolute Gasteiger partial charge is 0.534 e. The summed E-state index contributed by atoms with van der Waals surface area (Å²) in [7, 11) is -5.58. The van der Waals surface area contributed by atoms with E-state index < -0.39 is 15.6 Å². The van der Waals surface area contributed by atoms with E-state index in [0.29, 0.717) is 0 Å². The normalized spacial score (nSPS) is 13.7. The Bertz CT molecular complexity index is 587. The quantitative estimate of drug-likeness (QED) is 0.471. The fourth-order valence-electron chi connectivity index (χ4n) is 1.26. The van der Waals surface area contributed by atoms with Gasteiger partial charge < -0.3 is 4.18 Å². The molecular formula is C13H13F3O3S. The summed E-state index contributed by atoms with van der Waals surface area (Å²) in [5.74, 6) is -0.319. The minimum Gasteiger partial charge on any atom is -0.381 e. The molecule has 0 unspecified atom stereocenters. The van der Waals surface area contributed by atoms with Crippen LogP contribution in [0.1, 0.15) is 18.9 Å². The molecule has 0 saturated heterocycles. The predicted octanol–water partition coefficient (Wildman–Crippen LogP) is 3.86. The third kappa shape index (κ3) is 5.08. The SMILES string of the molecule is C/C(=C/C/C=C/c1ccccc1)OS(=O)(=O)C(F)(F)F. The van der Waals surface area contributed by atoms with E-state index in [2.05, 4.69) is 4.18 Å². The third-order valence-corrected chi connectivity index (χ3v) is 3.23. The van der Waals surface area contributed by atoms with Crippen molar-refractivity contribution < 1.29 is 25.8 Å². The zero-order chi connectivity index (χ0) is 15.2. The summed E-state index contributed by atoms with van der Waals surface area (Å²) in [4.78, 5) is 0. The molecule has 0 spiro atoms. The Balaban J connectivity index is 2.57. The standard InChI is InChI=1S/C13H13F3O3S/c1-11(19-20(17,18)13(14,15)16)7-5-6-10-12-8-3-2-4-9-12/h2-4,6-10H,5H2,1H3/b10-6+,11-7-. The lowest BCUT2D eigenvalue weighted by molar-refractivity contribution is -0.0521. The van der Waals surface area contributed by atoms with Gasteiger partial charge in [0, 0.05) is 0 Å². The van der Waals surface area contributed by atoms with Crippen LogP contribution in [-0.4, -0.2) is 13.9 Å². The van der Waals surface area contributed by atoms with Crippen molar-refractivity contribution in [1.82, 2.24) is 0 Å². The third-order valence-electron chi connectivity index (χ3n) is 2.18. The number of hydrogen-bond donors (Lipinski definition) is 0. The fourth-order valence-corrected chi connectivity index (χ4v) is 1.77. The highest BCUT2D eigenvalue weighted by molar-refractivity contribution is 7.87. The average molecular weight is 306 g/mol. The van der Waals surface area contributed by atoms with Crippen molar-refractivity contribution in [3.63, 3.8) is 0 Å². The van der Waals surface area contributed by atoms with Gasteiger partial charge in [-0.3, -0.25) is 0 Å². The molecule has 0 aromatic heterocycles. The summed E-state index contributed by atoms with van der Waals surface area (Å²) in [6.07, 6.45) is 4.96. The molecule has 1 aromatic carbocycles. The lowest BCUT2D eigenvalue weighted by atomic mass is 10.2. The molecule has 0 aliphatic heterocycles. The van der Waals surface area contributed by atoms with Gasteiger partial charge in [-0.1, -0.05) is 42.5 Å². The van der Waals surface area contributed by atoms with Gasteiger partial charge in [0.05, 0.1) is 0 Å². The topological polar surface area (TPSA) is 43.4 Å². The van der Waals surface area contributed by atoms with Crippen molar-refractivity contribution in [1.29, 1.82) is 0 Å². The molecule has 110 valence electrons. The van der Waals surface area contributed by atoms with Gasteiger partial charge in [-0.15, -0.1) is 0 Å². The Kier molecular flexibility index (Phi) is 5.38. The predicted molar refractivity (Wildman–Crippen MR) is 69.9 cm³/mol. The highest BCUT2D eigenvalue weighted by Crippen LogP contribution is 2.26. The summed E-state index contributed by atoms with van der Waals surface area (Å²) in [5.41, 5.74) is -4.48. The second kappa shape index (κ2) is 6.60. The van der Waals surface area contributed by atoms with Crippen molar-refractivity contribution in [2.75, 3.05) is 0 Å². The Labute approximate surface area is 115 Å². The van der Waals surface area contributed by atoms with Gasteiger partial charge in [0.1, 0.15) is 5.76 Å². The van der Waals surface area contributed by atoms with Crippen LogP contribution in [0.25, 0.3) is 6.08 Å². The number of hydrogen-bond acceptors (Lipinski definition) is 3. The second-order valence-corrected chi connectivity index (χ2v) is 5.38. The van der Waals surface area contributed by atoms with Gasteiger partial charge in [0.25, 0.3) is 0 Å². The Hall–Kier alpha value is -1.76. The first-order valence-electron chi connectivity index (χ1n) is 5.61. The second-order valence-electron chi connectivity index (χ2n) is 3.85. The minimum absolute atomic E-state index is 0.258. The van der Waals surface area contributed by atoms with E-state index in [9.17, 15) is 21.6 Å². The van der Waals surface area contributed by atoms with Crippen molar-refractivity contribution in [2.24, 2.45) is 0 Å². The number of allylic oxidation sites excluding steroid dienone is 3. The number of alkyl halides is 3. The van der Waals surface area contributed by atoms with Gasteiger partial charge in [-0.2, -0.15) is 21.6 Å². The fraction of sp³-hybridized carbons (Fsp3) is 0.231. The molecule has 0 radical (unpaired) electrons. The Morgan fingerprint density at radius 1 is 1.25 bits per heavy atom. The maximum Gasteiger partial charge on any atom is 0.534 e. The van der Waals surface area contributed by atoms with Crippen LogP contribution in [0, 0.1) is 0 Å². The molecule has 1 rings (SSSR count). The van der Waals surface area contributed by atoms with Crippen molar-refractivity contribution >= 4 is 16.2 Å². The Morgan fingerprint density at radius 3 is 2.40 bits per heavy atom. The number of rotatable bonds is 5. The molecule has 0 saturated carbocycles. The van der Waals surface area contributed by atoms with Crippen molar-refractivity contribution in [3.05, 3.63) is 53.8 Å². The highest BCUT2D eigenvalue weighted by Gasteiger charge is 2.48. The molecule has 3 nitrogen and oxygen atoms in total. The van der Waals surface area contributed by atoms with Crippen LogP contribution in [0.4, 0.5) is 13.2 Å². The van der Waals surface area contributed by atoms with E-state index in [4.69, 9.17) is 0 Å². The maximum atomic E-state index is 12.0. The first kappa shape index (κ1) is 16.3. The summed E-state index contributed by atoms with van der Waals surface area (Å²) in [5, 5.41) is 0. The van der Waals surface area contributed by atoms with Gasteiger partial charge in [0.2, 0.25) is 0 Å². The van der Waals surface area contributed by atoms with Gasteiger partial charge >= 0.3 is 15.6 Å². The number of halogens is 3. The van der Waals surface area contributed by atoms with Crippen LogP contribution in [0.5, 0.6) is 0 Å². The molecule has 20 heavy (non-hydrogen) atoms. The summed E-state index contributed by atoms with van der Waals surface area (Å²) in [6.45, 7) is 1.15. The molecule has 0 fully saturated rings. The average Bonchev–Trinajstić information content (AvgIpc) is 2.34. The summed E-state index contributed by atoms with van der Waals surface area (Å²) in [6, 6.07) is 9.27.